The van der Waals surface area contributed by atoms with E-state index in [2.05, 4.69) is 19.6 Å². The zero-order chi connectivity index (χ0) is 10.6. The molecule has 0 heterocycles. The Morgan fingerprint density at radius 3 is 2.64 bits per heavy atom. The van der Waals surface area contributed by atoms with Crippen LogP contribution in [0.1, 0.15) is 51.9 Å². The fourth-order valence-corrected chi connectivity index (χ4v) is 1.36. The van der Waals surface area contributed by atoms with Gasteiger partial charge in [-0.2, -0.15) is 0 Å². The highest BCUT2D eigenvalue weighted by Crippen LogP contribution is 2.06. The van der Waals surface area contributed by atoms with E-state index in [1.165, 1.54) is 6.42 Å². The summed E-state index contributed by atoms with van der Waals surface area (Å²) in [6.07, 6.45) is 12.9. The summed E-state index contributed by atoms with van der Waals surface area (Å²) in [6, 6.07) is 0. The molecule has 0 aliphatic carbocycles. The van der Waals surface area contributed by atoms with Crippen molar-refractivity contribution in [3.8, 4) is 0 Å². The number of hydrogen-bond acceptors (Lipinski definition) is 1. The molecule has 0 bridgehead atoms. The van der Waals surface area contributed by atoms with Crippen LogP contribution >= 0.6 is 0 Å². The van der Waals surface area contributed by atoms with Gasteiger partial charge in [-0.15, -0.1) is 0 Å². The molecule has 0 radical (unpaired) electrons. The minimum absolute atomic E-state index is 0.425. The molecule has 0 aromatic heterocycles. The van der Waals surface area contributed by atoms with Crippen LogP contribution in [-0.4, -0.2) is 5.78 Å². The Labute approximate surface area is 87.9 Å². The summed E-state index contributed by atoms with van der Waals surface area (Å²) in [5.74, 6) is 0.425. The van der Waals surface area contributed by atoms with Gasteiger partial charge in [0.1, 0.15) is 5.78 Å². The predicted octanol–water partition coefficient (Wildman–Crippen LogP) is 4.05. The molecule has 0 aromatic rings. The Balaban J connectivity index is 3.16. The molecular weight excluding hydrogens is 172 g/mol. The number of allylic oxidation sites excluding steroid dienone is 3. The average Bonchev–Trinajstić information content (AvgIpc) is 2.17. The van der Waals surface area contributed by atoms with Gasteiger partial charge in [0, 0.05) is 12.8 Å². The number of unbranched alkanes of at least 4 members (excludes halogenated alkanes) is 3. The van der Waals surface area contributed by atoms with Crippen molar-refractivity contribution in [2.45, 2.75) is 51.9 Å². The van der Waals surface area contributed by atoms with E-state index >= 15 is 0 Å². The fourth-order valence-electron chi connectivity index (χ4n) is 1.36. The number of carbonyl (C=O) groups excluding carboxylic acids is 1. The molecule has 0 atom stereocenters. The van der Waals surface area contributed by atoms with E-state index in [1.807, 2.05) is 6.08 Å². The van der Waals surface area contributed by atoms with E-state index in [0.29, 0.717) is 5.78 Å². The molecule has 0 spiro atoms. The predicted molar refractivity (Wildman–Crippen MR) is 62.3 cm³/mol. The fraction of sp³-hybridized carbons (Fsp3) is 0.615. The molecule has 0 aromatic carbocycles. The van der Waals surface area contributed by atoms with Gasteiger partial charge in [0.2, 0.25) is 0 Å². The van der Waals surface area contributed by atoms with Gasteiger partial charge in [-0.1, -0.05) is 38.2 Å². The molecule has 0 saturated carbocycles. The van der Waals surface area contributed by atoms with Crippen LogP contribution < -0.4 is 0 Å². The molecule has 0 unspecified atom stereocenters. The lowest BCUT2D eigenvalue weighted by atomic mass is 10.1. The van der Waals surface area contributed by atoms with Gasteiger partial charge in [-0.3, -0.25) is 4.79 Å². The molecule has 14 heavy (non-hydrogen) atoms. The second-order valence-electron chi connectivity index (χ2n) is 3.55. The van der Waals surface area contributed by atoms with Crippen molar-refractivity contribution in [3.63, 3.8) is 0 Å². The van der Waals surface area contributed by atoms with Crippen molar-refractivity contribution in [1.29, 1.82) is 0 Å². The third-order valence-electron chi connectivity index (χ3n) is 2.13. The van der Waals surface area contributed by atoms with Crippen LogP contribution in [0.25, 0.3) is 0 Å². The topological polar surface area (TPSA) is 17.1 Å². The average molecular weight is 194 g/mol. The van der Waals surface area contributed by atoms with Gasteiger partial charge < -0.3 is 0 Å². The van der Waals surface area contributed by atoms with E-state index in [9.17, 15) is 4.79 Å². The van der Waals surface area contributed by atoms with Gasteiger partial charge in [-0.25, -0.2) is 0 Å². The van der Waals surface area contributed by atoms with E-state index in [0.717, 1.165) is 38.5 Å². The number of Topliss-reactive ketones (excluding diaryl/α,β-unsaturated/α-hetero) is 1. The van der Waals surface area contributed by atoms with Crippen molar-refractivity contribution < 1.29 is 4.79 Å². The lowest BCUT2D eigenvalue weighted by Gasteiger charge is -1.98. The smallest absolute Gasteiger partial charge is 0.132 e. The molecule has 80 valence electrons. The number of ketones is 1. The minimum Gasteiger partial charge on any atom is -0.300 e. The van der Waals surface area contributed by atoms with Gasteiger partial charge in [-0.05, 0) is 25.7 Å². The summed E-state index contributed by atoms with van der Waals surface area (Å²) in [5, 5.41) is 0. The highest BCUT2D eigenvalue weighted by Gasteiger charge is 1.98. The van der Waals surface area contributed by atoms with E-state index in [-0.39, 0.29) is 0 Å². The Morgan fingerprint density at radius 1 is 1.21 bits per heavy atom. The molecule has 1 nitrogen and oxygen atoms in total. The highest BCUT2D eigenvalue weighted by molar-refractivity contribution is 5.78. The van der Waals surface area contributed by atoms with Crippen LogP contribution in [0.2, 0.25) is 0 Å². The first-order valence-corrected chi connectivity index (χ1v) is 5.60. The first-order valence-electron chi connectivity index (χ1n) is 5.60. The third kappa shape index (κ3) is 9.24. The molecule has 0 aliphatic rings. The molecule has 0 rings (SSSR count). The second kappa shape index (κ2) is 10.2. The number of rotatable bonds is 9. The summed E-state index contributed by atoms with van der Waals surface area (Å²) in [5.41, 5.74) is 0. The maximum atomic E-state index is 11.2. The summed E-state index contributed by atoms with van der Waals surface area (Å²) < 4.78 is 0. The molecule has 1 heteroatoms. The maximum absolute atomic E-state index is 11.2. The molecule has 0 amide bonds. The van der Waals surface area contributed by atoms with Crippen molar-refractivity contribution in [2.24, 2.45) is 0 Å². The van der Waals surface area contributed by atoms with Gasteiger partial charge in [0.15, 0.2) is 0 Å². The van der Waals surface area contributed by atoms with Crippen molar-refractivity contribution >= 4 is 5.78 Å². The zero-order valence-corrected chi connectivity index (χ0v) is 9.30. The lowest BCUT2D eigenvalue weighted by Crippen LogP contribution is -1.95. The Bertz CT molecular complexity index is 180. The van der Waals surface area contributed by atoms with Crippen LogP contribution in [-0.2, 0) is 4.79 Å². The van der Waals surface area contributed by atoms with Crippen molar-refractivity contribution in [3.05, 3.63) is 24.8 Å². The van der Waals surface area contributed by atoms with Crippen molar-refractivity contribution in [1.82, 2.24) is 0 Å². The monoisotopic (exact) mass is 194 g/mol. The number of hydrogen-bond donors (Lipinski definition) is 0. The number of carbonyl (C=O) groups is 1. The SMILES string of the molecule is C=CC=CCCCCCC(=O)CCC. The normalized spacial score (nSPS) is 10.6. The molecule has 0 fully saturated rings. The van der Waals surface area contributed by atoms with Crippen LogP contribution in [0.5, 0.6) is 0 Å². The molecule has 0 N–H and O–H groups in total. The standard InChI is InChI=1S/C13H22O/c1-3-5-6-7-8-9-10-12-13(14)11-4-2/h3,5-6H,1,4,7-12H2,2H3. The minimum atomic E-state index is 0.425. The molecular formula is C13H22O. The first kappa shape index (κ1) is 13.2. The summed E-state index contributed by atoms with van der Waals surface area (Å²) in [4.78, 5) is 11.2. The summed E-state index contributed by atoms with van der Waals surface area (Å²) in [7, 11) is 0. The third-order valence-corrected chi connectivity index (χ3v) is 2.13. The van der Waals surface area contributed by atoms with Crippen LogP contribution in [0.4, 0.5) is 0 Å². The summed E-state index contributed by atoms with van der Waals surface area (Å²) in [6.45, 7) is 5.66. The van der Waals surface area contributed by atoms with E-state index in [1.54, 1.807) is 6.08 Å². The first-order chi connectivity index (χ1) is 6.81. The lowest BCUT2D eigenvalue weighted by molar-refractivity contribution is -0.119. The van der Waals surface area contributed by atoms with Gasteiger partial charge in [0.25, 0.3) is 0 Å². The quantitative estimate of drug-likeness (QED) is 0.400. The summed E-state index contributed by atoms with van der Waals surface area (Å²) >= 11 is 0. The Kier molecular flexibility index (Phi) is 9.61. The zero-order valence-electron chi connectivity index (χ0n) is 9.30. The van der Waals surface area contributed by atoms with Gasteiger partial charge in [0.05, 0.1) is 0 Å². The molecule has 0 saturated heterocycles. The highest BCUT2D eigenvalue weighted by atomic mass is 16.1. The van der Waals surface area contributed by atoms with Crippen LogP contribution in [0.3, 0.4) is 0 Å². The Hall–Kier alpha value is -0.850. The molecule has 0 aliphatic heterocycles. The van der Waals surface area contributed by atoms with E-state index in [4.69, 9.17) is 0 Å². The largest absolute Gasteiger partial charge is 0.300 e. The van der Waals surface area contributed by atoms with Crippen LogP contribution in [0.15, 0.2) is 24.8 Å². The van der Waals surface area contributed by atoms with E-state index < -0.39 is 0 Å². The van der Waals surface area contributed by atoms with Crippen LogP contribution in [0, 0.1) is 0 Å². The van der Waals surface area contributed by atoms with Crippen molar-refractivity contribution in [2.75, 3.05) is 0 Å². The second-order valence-corrected chi connectivity index (χ2v) is 3.55. The maximum Gasteiger partial charge on any atom is 0.132 e. The Morgan fingerprint density at radius 2 is 2.00 bits per heavy atom. The van der Waals surface area contributed by atoms with Gasteiger partial charge >= 0.3 is 0 Å².